The van der Waals surface area contributed by atoms with Crippen LogP contribution in [0.2, 0.25) is 10.0 Å². The minimum absolute atomic E-state index is 0.267. The summed E-state index contributed by atoms with van der Waals surface area (Å²) in [6.07, 6.45) is 1.34. The molecule has 1 aromatic carbocycles. The van der Waals surface area contributed by atoms with Crippen molar-refractivity contribution in [1.29, 1.82) is 0 Å². The number of hydrazone groups is 1. The smallest absolute Gasteiger partial charge is 0.329 e. The molecule has 20 heavy (non-hydrogen) atoms. The Labute approximate surface area is 127 Å². The number of benzene rings is 1. The van der Waals surface area contributed by atoms with Crippen LogP contribution in [0.1, 0.15) is 19.4 Å². The first kappa shape index (κ1) is 16.5. The lowest BCUT2D eigenvalue weighted by Gasteiger charge is -2.05. The van der Waals surface area contributed by atoms with Gasteiger partial charge in [0, 0.05) is 17.1 Å². The fraction of sp³-hybridized carbons (Fsp3) is 0.308. The lowest BCUT2D eigenvalue weighted by atomic mass is 10.2. The van der Waals surface area contributed by atoms with Crippen LogP contribution >= 0.6 is 23.2 Å². The molecular formula is C13H15Cl2N3O2. The summed E-state index contributed by atoms with van der Waals surface area (Å²) in [6.45, 7) is 4.29. The van der Waals surface area contributed by atoms with Crippen molar-refractivity contribution < 1.29 is 9.59 Å². The summed E-state index contributed by atoms with van der Waals surface area (Å²) in [5, 5.41) is 7.05. The number of carbonyl (C=O) groups is 2. The molecule has 0 atom stereocenters. The molecule has 1 aromatic rings. The van der Waals surface area contributed by atoms with Gasteiger partial charge in [-0.05, 0) is 18.1 Å². The maximum atomic E-state index is 11.4. The lowest BCUT2D eigenvalue weighted by Crippen LogP contribution is -2.39. The summed E-state index contributed by atoms with van der Waals surface area (Å²) >= 11 is 11.7. The molecule has 2 amide bonds. The highest BCUT2D eigenvalue weighted by atomic mass is 35.5. The van der Waals surface area contributed by atoms with E-state index in [2.05, 4.69) is 15.8 Å². The zero-order valence-corrected chi connectivity index (χ0v) is 12.6. The van der Waals surface area contributed by atoms with Crippen LogP contribution in [0.25, 0.3) is 0 Å². The molecule has 0 saturated heterocycles. The first-order valence-electron chi connectivity index (χ1n) is 5.96. The molecule has 108 valence electrons. The Morgan fingerprint density at radius 1 is 1.30 bits per heavy atom. The van der Waals surface area contributed by atoms with Gasteiger partial charge in [0.1, 0.15) is 0 Å². The number of hydrogen-bond acceptors (Lipinski definition) is 3. The number of carbonyl (C=O) groups excluding carboxylic acids is 2. The van der Waals surface area contributed by atoms with Crippen LogP contribution in [0, 0.1) is 5.92 Å². The second kappa shape index (κ2) is 7.87. The highest BCUT2D eigenvalue weighted by Gasteiger charge is 2.12. The van der Waals surface area contributed by atoms with Gasteiger partial charge in [0.15, 0.2) is 0 Å². The molecule has 0 heterocycles. The SMILES string of the molecule is CC(C)CNC(=O)C(=O)N/N=C/c1ccc(Cl)cc1Cl. The van der Waals surface area contributed by atoms with Gasteiger partial charge in [-0.1, -0.05) is 43.1 Å². The molecule has 0 aliphatic rings. The molecule has 0 spiro atoms. The van der Waals surface area contributed by atoms with Crippen molar-refractivity contribution in [2.75, 3.05) is 6.54 Å². The van der Waals surface area contributed by atoms with Crippen molar-refractivity contribution >= 4 is 41.2 Å². The second-order valence-corrected chi connectivity index (χ2v) is 5.31. The Hall–Kier alpha value is -1.59. The fourth-order valence-corrected chi connectivity index (χ4v) is 1.65. The maximum Gasteiger partial charge on any atom is 0.329 e. The molecule has 0 fully saturated rings. The van der Waals surface area contributed by atoms with Crippen LogP contribution in [0.4, 0.5) is 0 Å². The highest BCUT2D eigenvalue weighted by Crippen LogP contribution is 2.19. The van der Waals surface area contributed by atoms with Gasteiger partial charge in [-0.3, -0.25) is 9.59 Å². The van der Waals surface area contributed by atoms with Crippen LogP contribution in [0.5, 0.6) is 0 Å². The first-order chi connectivity index (χ1) is 9.40. The molecule has 1 rings (SSSR count). The van der Waals surface area contributed by atoms with E-state index in [-0.39, 0.29) is 5.92 Å². The largest absolute Gasteiger partial charge is 0.348 e. The predicted molar refractivity (Wildman–Crippen MR) is 80.0 cm³/mol. The third kappa shape index (κ3) is 5.59. The average molecular weight is 316 g/mol. The van der Waals surface area contributed by atoms with Crippen molar-refractivity contribution in [1.82, 2.24) is 10.7 Å². The van der Waals surface area contributed by atoms with Crippen molar-refractivity contribution in [2.24, 2.45) is 11.0 Å². The van der Waals surface area contributed by atoms with Gasteiger partial charge in [0.2, 0.25) is 0 Å². The van der Waals surface area contributed by atoms with Crippen molar-refractivity contribution in [3.63, 3.8) is 0 Å². The van der Waals surface area contributed by atoms with E-state index in [0.29, 0.717) is 22.2 Å². The second-order valence-electron chi connectivity index (χ2n) is 4.47. The molecule has 0 radical (unpaired) electrons. The van der Waals surface area contributed by atoms with Crippen LogP contribution in [-0.2, 0) is 9.59 Å². The fourth-order valence-electron chi connectivity index (χ4n) is 1.19. The average Bonchev–Trinajstić information content (AvgIpc) is 2.38. The van der Waals surface area contributed by atoms with E-state index in [9.17, 15) is 9.59 Å². The molecule has 0 unspecified atom stereocenters. The van der Waals surface area contributed by atoms with Crippen LogP contribution in [-0.4, -0.2) is 24.6 Å². The van der Waals surface area contributed by atoms with Crippen molar-refractivity contribution in [3.05, 3.63) is 33.8 Å². The lowest BCUT2D eigenvalue weighted by molar-refractivity contribution is -0.139. The van der Waals surface area contributed by atoms with Crippen LogP contribution in [0.3, 0.4) is 0 Å². The van der Waals surface area contributed by atoms with E-state index in [0.717, 1.165) is 0 Å². The summed E-state index contributed by atoms with van der Waals surface area (Å²) in [5.74, 6) is -1.28. The van der Waals surface area contributed by atoms with Gasteiger partial charge >= 0.3 is 11.8 Å². The van der Waals surface area contributed by atoms with Crippen molar-refractivity contribution in [3.8, 4) is 0 Å². The van der Waals surface area contributed by atoms with E-state index < -0.39 is 11.8 Å². The monoisotopic (exact) mass is 315 g/mol. The Balaban J connectivity index is 2.51. The quantitative estimate of drug-likeness (QED) is 0.508. The van der Waals surface area contributed by atoms with Crippen LogP contribution < -0.4 is 10.7 Å². The summed E-state index contributed by atoms with van der Waals surface area (Å²) in [4.78, 5) is 22.8. The number of amides is 2. The van der Waals surface area contributed by atoms with E-state index in [1.165, 1.54) is 6.21 Å². The van der Waals surface area contributed by atoms with Gasteiger partial charge in [-0.2, -0.15) is 5.10 Å². The normalized spacial score (nSPS) is 10.8. The minimum Gasteiger partial charge on any atom is -0.348 e. The molecule has 5 nitrogen and oxygen atoms in total. The Kier molecular flexibility index (Phi) is 6.48. The van der Waals surface area contributed by atoms with Crippen molar-refractivity contribution in [2.45, 2.75) is 13.8 Å². The number of nitrogens with one attached hydrogen (secondary N) is 2. The van der Waals surface area contributed by atoms with Gasteiger partial charge in [0.05, 0.1) is 11.2 Å². The van der Waals surface area contributed by atoms with Gasteiger partial charge in [0.25, 0.3) is 0 Å². The molecule has 0 aliphatic heterocycles. The summed E-state index contributed by atoms with van der Waals surface area (Å²) in [7, 11) is 0. The van der Waals surface area contributed by atoms with E-state index >= 15 is 0 Å². The molecule has 7 heteroatoms. The number of rotatable bonds is 4. The third-order valence-electron chi connectivity index (χ3n) is 2.21. The van der Waals surface area contributed by atoms with Crippen LogP contribution in [0.15, 0.2) is 23.3 Å². The Morgan fingerprint density at radius 2 is 2.00 bits per heavy atom. The first-order valence-corrected chi connectivity index (χ1v) is 6.72. The Bertz CT molecular complexity index is 530. The predicted octanol–water partition coefficient (Wildman–Crippen LogP) is 2.22. The van der Waals surface area contributed by atoms with Gasteiger partial charge in [-0.15, -0.1) is 0 Å². The standard InChI is InChI=1S/C13H15Cl2N3O2/c1-8(2)6-16-12(19)13(20)18-17-7-9-3-4-10(14)5-11(9)15/h3-5,7-8H,6H2,1-2H3,(H,16,19)(H,18,20)/b17-7+. The molecule has 0 aliphatic carbocycles. The molecule has 0 bridgehead atoms. The van der Waals surface area contributed by atoms with E-state index in [1.54, 1.807) is 18.2 Å². The number of hydrogen-bond donors (Lipinski definition) is 2. The number of halogens is 2. The third-order valence-corrected chi connectivity index (χ3v) is 2.77. The topological polar surface area (TPSA) is 70.6 Å². The molecular weight excluding hydrogens is 301 g/mol. The summed E-state index contributed by atoms with van der Waals surface area (Å²) in [5.41, 5.74) is 2.71. The molecule has 0 aromatic heterocycles. The molecule has 0 saturated carbocycles. The van der Waals surface area contributed by atoms with E-state index in [1.807, 2.05) is 13.8 Å². The zero-order chi connectivity index (χ0) is 15.1. The molecule has 2 N–H and O–H groups in total. The van der Waals surface area contributed by atoms with Gasteiger partial charge in [-0.25, -0.2) is 5.43 Å². The summed E-state index contributed by atoms with van der Waals surface area (Å²) < 4.78 is 0. The van der Waals surface area contributed by atoms with E-state index in [4.69, 9.17) is 23.2 Å². The Morgan fingerprint density at radius 3 is 2.60 bits per heavy atom. The highest BCUT2D eigenvalue weighted by molar-refractivity contribution is 6.36. The zero-order valence-electron chi connectivity index (χ0n) is 11.1. The maximum absolute atomic E-state index is 11.4. The van der Waals surface area contributed by atoms with Gasteiger partial charge < -0.3 is 5.32 Å². The number of nitrogens with zero attached hydrogens (tertiary/aromatic N) is 1. The minimum atomic E-state index is -0.827. The summed E-state index contributed by atoms with van der Waals surface area (Å²) in [6, 6.07) is 4.85.